The molecule has 0 atom stereocenters. The summed E-state index contributed by atoms with van der Waals surface area (Å²) < 4.78 is 1.90. The second kappa shape index (κ2) is 6.12. The van der Waals surface area contributed by atoms with Gasteiger partial charge in [0.1, 0.15) is 5.69 Å². The largest absolute Gasteiger partial charge is 0.393 e. The van der Waals surface area contributed by atoms with E-state index in [2.05, 4.69) is 4.98 Å². The molecule has 0 bridgehead atoms. The number of hydrogen-bond acceptors (Lipinski definition) is 5. The molecule has 7 nitrogen and oxygen atoms in total. The third-order valence-electron chi connectivity index (χ3n) is 4.76. The number of aliphatic hydroxyl groups is 1. The number of nitrogens with one attached hydrogen (secondary N) is 1. The smallest absolute Gasteiger partial charge is 0.259 e. The van der Waals surface area contributed by atoms with E-state index < -0.39 is 5.91 Å². The van der Waals surface area contributed by atoms with Crippen LogP contribution in [0.1, 0.15) is 41.4 Å². The molecule has 1 saturated carbocycles. The summed E-state index contributed by atoms with van der Waals surface area (Å²) in [4.78, 5) is 26.9. The van der Waals surface area contributed by atoms with E-state index in [1.807, 2.05) is 10.7 Å². The van der Waals surface area contributed by atoms with Crippen molar-refractivity contribution in [3.05, 3.63) is 38.9 Å². The van der Waals surface area contributed by atoms with E-state index in [0.717, 1.165) is 36.8 Å². The van der Waals surface area contributed by atoms with Crippen molar-refractivity contribution in [2.24, 2.45) is 5.73 Å². The van der Waals surface area contributed by atoms with Gasteiger partial charge in [0, 0.05) is 17.1 Å². The highest BCUT2D eigenvalue weighted by Crippen LogP contribution is 2.34. The molecule has 0 spiro atoms. The first-order chi connectivity index (χ1) is 12.0. The number of primary amides is 1. The molecule has 0 aliphatic heterocycles. The van der Waals surface area contributed by atoms with E-state index in [-0.39, 0.29) is 17.7 Å². The van der Waals surface area contributed by atoms with Crippen molar-refractivity contribution >= 4 is 28.1 Å². The summed E-state index contributed by atoms with van der Waals surface area (Å²) in [6.45, 7) is 0. The lowest BCUT2D eigenvalue weighted by molar-refractivity contribution is 0.100. The maximum atomic E-state index is 12.4. The van der Waals surface area contributed by atoms with Crippen molar-refractivity contribution in [2.45, 2.75) is 37.8 Å². The first kappa shape index (κ1) is 16.0. The molecule has 0 saturated heterocycles. The number of thiophene rings is 1. The van der Waals surface area contributed by atoms with E-state index in [1.54, 1.807) is 17.6 Å². The van der Waals surface area contributed by atoms with E-state index in [0.29, 0.717) is 16.0 Å². The Morgan fingerprint density at radius 3 is 2.80 bits per heavy atom. The highest BCUT2D eigenvalue weighted by Gasteiger charge is 2.25. The maximum absolute atomic E-state index is 12.4. The lowest BCUT2D eigenvalue weighted by Crippen LogP contribution is -2.21. The number of nitrogens with two attached hydrogens (primary N) is 1. The molecule has 3 heterocycles. The van der Waals surface area contributed by atoms with Crippen molar-refractivity contribution in [3.63, 3.8) is 0 Å². The number of aromatic nitrogens is 3. The average molecular weight is 358 g/mol. The van der Waals surface area contributed by atoms with Gasteiger partial charge in [-0.25, -0.2) is 0 Å². The summed E-state index contributed by atoms with van der Waals surface area (Å²) in [5, 5.41) is 16.8. The van der Waals surface area contributed by atoms with Gasteiger partial charge >= 0.3 is 0 Å². The summed E-state index contributed by atoms with van der Waals surface area (Å²) in [6.07, 6.45) is 4.47. The quantitative estimate of drug-likeness (QED) is 0.664. The SMILES string of the molecule is NC(=O)c1cc(-c2nn(C3CCC(O)CC3)c3cc[nH]c(=O)c23)cs1. The number of carbonyl (C=O) groups is 1. The number of nitrogens with zero attached hydrogens (tertiary/aromatic N) is 2. The Bertz CT molecular complexity index is 995. The zero-order valence-corrected chi connectivity index (χ0v) is 14.3. The molecule has 1 fully saturated rings. The molecular weight excluding hydrogens is 340 g/mol. The molecule has 3 aromatic heterocycles. The van der Waals surface area contributed by atoms with Gasteiger partial charge in [-0.3, -0.25) is 14.3 Å². The van der Waals surface area contributed by atoms with E-state index >= 15 is 0 Å². The number of aromatic amines is 1. The minimum atomic E-state index is -0.491. The molecule has 0 radical (unpaired) electrons. The second-order valence-corrected chi connectivity index (χ2v) is 7.30. The molecule has 8 heteroatoms. The Kier molecular flexibility index (Phi) is 3.93. The van der Waals surface area contributed by atoms with Crippen LogP contribution in [-0.2, 0) is 0 Å². The van der Waals surface area contributed by atoms with Crippen LogP contribution in [0.15, 0.2) is 28.5 Å². The van der Waals surface area contributed by atoms with Crippen LogP contribution in [0.5, 0.6) is 0 Å². The van der Waals surface area contributed by atoms with Gasteiger partial charge in [0.2, 0.25) is 0 Å². The molecule has 130 valence electrons. The van der Waals surface area contributed by atoms with Gasteiger partial charge in [-0.05, 0) is 37.8 Å². The van der Waals surface area contributed by atoms with Crippen LogP contribution in [0.25, 0.3) is 22.2 Å². The van der Waals surface area contributed by atoms with Crippen molar-refractivity contribution in [2.75, 3.05) is 0 Å². The van der Waals surface area contributed by atoms with Crippen LogP contribution in [0.4, 0.5) is 0 Å². The number of rotatable bonds is 3. The lowest BCUT2D eigenvalue weighted by Gasteiger charge is -2.26. The van der Waals surface area contributed by atoms with Crippen LogP contribution in [0.3, 0.4) is 0 Å². The standard InChI is InChI=1S/C17H18N4O3S/c18-16(23)13-7-9(8-25-13)15-14-12(5-6-19-17(14)24)21(20-15)10-1-3-11(22)4-2-10/h5-8,10-11,22H,1-4H2,(H2,18,23)(H,19,24). The second-order valence-electron chi connectivity index (χ2n) is 6.39. The third-order valence-corrected chi connectivity index (χ3v) is 5.70. The Labute approximate surface area is 147 Å². The summed E-state index contributed by atoms with van der Waals surface area (Å²) in [7, 11) is 0. The zero-order chi connectivity index (χ0) is 17.6. The molecule has 3 aromatic rings. The van der Waals surface area contributed by atoms with Crippen molar-refractivity contribution in [1.29, 1.82) is 0 Å². The van der Waals surface area contributed by atoms with E-state index in [1.165, 1.54) is 11.3 Å². The minimum absolute atomic E-state index is 0.149. The van der Waals surface area contributed by atoms with Gasteiger partial charge < -0.3 is 15.8 Å². The molecule has 1 aliphatic rings. The van der Waals surface area contributed by atoms with Gasteiger partial charge in [0.05, 0.1) is 27.9 Å². The number of hydrogen-bond donors (Lipinski definition) is 3. The number of pyridine rings is 1. The molecule has 1 aliphatic carbocycles. The molecule has 4 N–H and O–H groups in total. The van der Waals surface area contributed by atoms with Crippen LogP contribution in [0, 0.1) is 0 Å². The number of amides is 1. The summed E-state index contributed by atoms with van der Waals surface area (Å²) >= 11 is 1.24. The normalized spacial score (nSPS) is 20.8. The van der Waals surface area contributed by atoms with Gasteiger partial charge in [-0.1, -0.05) is 0 Å². The predicted octanol–water partition coefficient (Wildman–Crippen LogP) is 2.03. The fourth-order valence-corrected chi connectivity index (χ4v) is 4.22. The maximum Gasteiger partial charge on any atom is 0.259 e. The van der Waals surface area contributed by atoms with Gasteiger partial charge in [0.15, 0.2) is 0 Å². The van der Waals surface area contributed by atoms with Crippen molar-refractivity contribution in [1.82, 2.24) is 14.8 Å². The fraction of sp³-hybridized carbons (Fsp3) is 0.353. The van der Waals surface area contributed by atoms with Gasteiger partial charge in [-0.15, -0.1) is 11.3 Å². The van der Waals surface area contributed by atoms with Crippen LogP contribution >= 0.6 is 11.3 Å². The number of carbonyl (C=O) groups excluding carboxylic acids is 1. The highest BCUT2D eigenvalue weighted by molar-refractivity contribution is 7.12. The third kappa shape index (κ3) is 2.77. The number of fused-ring (bicyclic) bond motifs is 1. The molecule has 0 unspecified atom stereocenters. The Morgan fingerprint density at radius 1 is 1.36 bits per heavy atom. The summed E-state index contributed by atoms with van der Waals surface area (Å²) in [5.41, 5.74) is 7.18. The van der Waals surface area contributed by atoms with E-state index in [4.69, 9.17) is 10.8 Å². The Morgan fingerprint density at radius 2 is 2.12 bits per heavy atom. The first-order valence-corrected chi connectivity index (χ1v) is 9.09. The zero-order valence-electron chi connectivity index (χ0n) is 13.4. The number of H-pyrrole nitrogens is 1. The number of aliphatic hydroxyl groups excluding tert-OH is 1. The Balaban J connectivity index is 1.87. The average Bonchev–Trinajstić information content (AvgIpc) is 3.21. The van der Waals surface area contributed by atoms with Crippen LogP contribution in [0.2, 0.25) is 0 Å². The summed E-state index contributed by atoms with van der Waals surface area (Å²) in [5.74, 6) is -0.491. The minimum Gasteiger partial charge on any atom is -0.393 e. The van der Waals surface area contributed by atoms with Gasteiger partial charge in [0.25, 0.3) is 11.5 Å². The predicted molar refractivity (Wildman–Crippen MR) is 95.7 cm³/mol. The molecular formula is C17H18N4O3S. The van der Waals surface area contributed by atoms with Crippen LogP contribution < -0.4 is 11.3 Å². The lowest BCUT2D eigenvalue weighted by atomic mass is 9.93. The highest BCUT2D eigenvalue weighted by atomic mass is 32.1. The summed E-state index contributed by atoms with van der Waals surface area (Å²) in [6, 6.07) is 3.67. The molecule has 0 aromatic carbocycles. The van der Waals surface area contributed by atoms with E-state index in [9.17, 15) is 14.7 Å². The van der Waals surface area contributed by atoms with Crippen LogP contribution in [-0.4, -0.2) is 31.9 Å². The molecule has 4 rings (SSSR count). The van der Waals surface area contributed by atoms with Crippen molar-refractivity contribution in [3.8, 4) is 11.3 Å². The molecule has 25 heavy (non-hydrogen) atoms. The van der Waals surface area contributed by atoms with Gasteiger partial charge in [-0.2, -0.15) is 5.10 Å². The fourth-order valence-electron chi connectivity index (χ4n) is 3.47. The first-order valence-electron chi connectivity index (χ1n) is 8.21. The van der Waals surface area contributed by atoms with Crippen molar-refractivity contribution < 1.29 is 9.90 Å². The monoisotopic (exact) mass is 358 g/mol. The topological polar surface area (TPSA) is 114 Å². The molecule has 1 amide bonds. The Hall–Kier alpha value is -2.45.